The van der Waals surface area contributed by atoms with Gasteiger partial charge in [-0.15, -0.1) is 0 Å². The van der Waals surface area contributed by atoms with Crippen LogP contribution in [0, 0.1) is 6.92 Å². The summed E-state index contributed by atoms with van der Waals surface area (Å²) in [6, 6.07) is 0. The van der Waals surface area contributed by atoms with Crippen molar-refractivity contribution in [3.8, 4) is 0 Å². The maximum atomic E-state index is 5.42. The van der Waals surface area contributed by atoms with Gasteiger partial charge in [-0.3, -0.25) is 0 Å². The first-order valence-corrected chi connectivity index (χ1v) is 3.81. The van der Waals surface area contributed by atoms with E-state index >= 15 is 0 Å². The Bertz CT molecular complexity index is 101. The van der Waals surface area contributed by atoms with Crippen LogP contribution in [0.25, 0.3) is 0 Å². The maximum Gasteiger partial charge on any atom is -0.0317 e. The Hall–Kier alpha value is -0.260. The van der Waals surface area contributed by atoms with Gasteiger partial charge in [0.1, 0.15) is 0 Å². The van der Waals surface area contributed by atoms with Crippen LogP contribution in [0.15, 0.2) is 11.6 Å². The van der Waals surface area contributed by atoms with E-state index in [1.807, 2.05) is 0 Å². The van der Waals surface area contributed by atoms with Gasteiger partial charge in [0.15, 0.2) is 0 Å². The molecule has 1 aliphatic carbocycles. The minimum atomic E-state index is 0.825. The molecule has 1 rings (SSSR count). The second-order valence-corrected chi connectivity index (χ2v) is 2.65. The monoisotopic (exact) mass is 122 g/mol. The van der Waals surface area contributed by atoms with E-state index in [2.05, 4.69) is 6.08 Å². The third-order valence-corrected chi connectivity index (χ3v) is 1.85. The van der Waals surface area contributed by atoms with E-state index in [0.29, 0.717) is 0 Å². The van der Waals surface area contributed by atoms with Crippen LogP contribution in [0.5, 0.6) is 0 Å². The molecule has 2 radical (unpaired) electrons. The molecule has 0 heteroatoms. The summed E-state index contributed by atoms with van der Waals surface area (Å²) in [5.74, 6) is 0. The zero-order valence-electron chi connectivity index (χ0n) is 5.90. The zero-order chi connectivity index (χ0) is 6.53. The number of hydrogen-bond donors (Lipinski definition) is 0. The minimum Gasteiger partial charge on any atom is -0.0853 e. The van der Waals surface area contributed by atoms with Crippen LogP contribution in [-0.4, -0.2) is 0 Å². The molecule has 0 bridgehead atoms. The Labute approximate surface area is 58.0 Å². The topological polar surface area (TPSA) is 0 Å². The Morgan fingerprint density at radius 3 is 2.89 bits per heavy atom. The molecule has 0 saturated heterocycles. The largest absolute Gasteiger partial charge is 0.0853 e. The summed E-state index contributed by atoms with van der Waals surface area (Å²) >= 11 is 0. The average Bonchev–Trinajstić information content (AvgIpc) is 1.91. The van der Waals surface area contributed by atoms with Crippen LogP contribution >= 0.6 is 0 Å². The van der Waals surface area contributed by atoms with Crippen molar-refractivity contribution in [2.45, 2.75) is 38.5 Å². The van der Waals surface area contributed by atoms with E-state index in [-0.39, 0.29) is 0 Å². The van der Waals surface area contributed by atoms with Gasteiger partial charge < -0.3 is 0 Å². The van der Waals surface area contributed by atoms with E-state index in [9.17, 15) is 0 Å². The van der Waals surface area contributed by atoms with Crippen LogP contribution in [0.2, 0.25) is 0 Å². The van der Waals surface area contributed by atoms with Gasteiger partial charge in [0, 0.05) is 0 Å². The fraction of sp³-hybridized carbons (Fsp3) is 0.667. The Morgan fingerprint density at radius 2 is 2.33 bits per heavy atom. The molecular weight excluding hydrogens is 108 g/mol. The van der Waals surface area contributed by atoms with Crippen LogP contribution in [0.4, 0.5) is 0 Å². The lowest BCUT2D eigenvalue weighted by atomic mass is 9.96. The van der Waals surface area contributed by atoms with Gasteiger partial charge in [0.05, 0.1) is 0 Å². The molecule has 0 nitrogen and oxygen atoms in total. The molecule has 9 heavy (non-hydrogen) atoms. The molecule has 0 aromatic carbocycles. The van der Waals surface area contributed by atoms with Gasteiger partial charge in [-0.1, -0.05) is 11.6 Å². The molecule has 0 spiro atoms. The standard InChI is InChI=1S/C9H14/c1-2-6-9-7-4-3-5-8-9/h1,7H,2-6,8H2. The van der Waals surface area contributed by atoms with Crippen molar-refractivity contribution in [2.75, 3.05) is 0 Å². The molecule has 50 valence electrons. The molecule has 0 aromatic rings. The highest BCUT2D eigenvalue weighted by atomic mass is 14.1. The quantitative estimate of drug-likeness (QED) is 0.494. The summed E-state index contributed by atoms with van der Waals surface area (Å²) < 4.78 is 0. The normalized spacial score (nSPS) is 19.4. The van der Waals surface area contributed by atoms with Crippen LogP contribution in [0.3, 0.4) is 0 Å². The first-order valence-electron chi connectivity index (χ1n) is 3.81. The number of rotatable bonds is 2. The van der Waals surface area contributed by atoms with Gasteiger partial charge in [0.25, 0.3) is 0 Å². The molecule has 0 aromatic heterocycles. The van der Waals surface area contributed by atoms with Gasteiger partial charge in [0.2, 0.25) is 0 Å². The van der Waals surface area contributed by atoms with Crippen LogP contribution < -0.4 is 0 Å². The molecule has 1 aliphatic rings. The SMILES string of the molecule is [CH]CCC1=CCCCC1. The molecule has 0 amide bonds. The van der Waals surface area contributed by atoms with E-state index in [1.165, 1.54) is 25.7 Å². The maximum absolute atomic E-state index is 5.42. The Balaban J connectivity index is 2.28. The summed E-state index contributed by atoms with van der Waals surface area (Å²) in [6.45, 7) is 5.42. The molecule has 0 heterocycles. The van der Waals surface area contributed by atoms with Crippen molar-refractivity contribution < 1.29 is 0 Å². The van der Waals surface area contributed by atoms with Crippen LogP contribution in [-0.2, 0) is 0 Å². The average molecular weight is 122 g/mol. The highest BCUT2D eigenvalue weighted by Gasteiger charge is 2.00. The van der Waals surface area contributed by atoms with Crippen molar-refractivity contribution in [1.82, 2.24) is 0 Å². The molecule has 0 unspecified atom stereocenters. The third kappa shape index (κ3) is 2.21. The van der Waals surface area contributed by atoms with Crippen molar-refractivity contribution in [2.24, 2.45) is 0 Å². The number of hydrogen-bond acceptors (Lipinski definition) is 0. The lowest BCUT2D eigenvalue weighted by Crippen LogP contribution is -1.90. The smallest absolute Gasteiger partial charge is 0.0317 e. The summed E-state index contributed by atoms with van der Waals surface area (Å²) in [6.07, 6.45) is 9.66. The first-order chi connectivity index (χ1) is 4.43. The molecular formula is C9H14. The predicted octanol–water partition coefficient (Wildman–Crippen LogP) is 2.98. The third-order valence-electron chi connectivity index (χ3n) is 1.85. The lowest BCUT2D eigenvalue weighted by Gasteiger charge is -2.10. The fourth-order valence-corrected chi connectivity index (χ4v) is 1.32. The van der Waals surface area contributed by atoms with E-state index < -0.39 is 0 Å². The summed E-state index contributed by atoms with van der Waals surface area (Å²) in [7, 11) is 0. The zero-order valence-corrected chi connectivity index (χ0v) is 5.90. The van der Waals surface area contributed by atoms with Crippen molar-refractivity contribution in [1.29, 1.82) is 0 Å². The van der Waals surface area contributed by atoms with Gasteiger partial charge in [-0.2, -0.15) is 0 Å². The van der Waals surface area contributed by atoms with Crippen molar-refractivity contribution in [3.63, 3.8) is 0 Å². The van der Waals surface area contributed by atoms with Crippen molar-refractivity contribution >= 4 is 0 Å². The Morgan fingerprint density at radius 1 is 1.44 bits per heavy atom. The highest BCUT2D eigenvalue weighted by molar-refractivity contribution is 5.04. The second-order valence-electron chi connectivity index (χ2n) is 2.65. The molecule has 0 saturated carbocycles. The summed E-state index contributed by atoms with van der Waals surface area (Å²) in [4.78, 5) is 0. The molecule has 0 N–H and O–H groups in total. The lowest BCUT2D eigenvalue weighted by molar-refractivity contribution is 0.676. The molecule has 0 fully saturated rings. The second kappa shape index (κ2) is 3.71. The van der Waals surface area contributed by atoms with Gasteiger partial charge >= 0.3 is 0 Å². The minimum absolute atomic E-state index is 0.825. The molecule has 0 aliphatic heterocycles. The van der Waals surface area contributed by atoms with Gasteiger partial charge in [-0.05, 0) is 45.4 Å². The van der Waals surface area contributed by atoms with E-state index in [4.69, 9.17) is 6.92 Å². The van der Waals surface area contributed by atoms with Gasteiger partial charge in [-0.25, -0.2) is 0 Å². The summed E-state index contributed by atoms with van der Waals surface area (Å²) in [5, 5.41) is 0. The first kappa shape index (κ1) is 6.85. The predicted molar refractivity (Wildman–Crippen MR) is 40.1 cm³/mol. The fourth-order valence-electron chi connectivity index (χ4n) is 1.32. The van der Waals surface area contributed by atoms with Crippen molar-refractivity contribution in [3.05, 3.63) is 18.6 Å². The van der Waals surface area contributed by atoms with Crippen LogP contribution in [0.1, 0.15) is 38.5 Å². The number of allylic oxidation sites excluding steroid dienone is 2. The van der Waals surface area contributed by atoms with E-state index in [1.54, 1.807) is 5.57 Å². The Kier molecular flexibility index (Phi) is 2.82. The van der Waals surface area contributed by atoms with E-state index in [0.717, 1.165) is 12.8 Å². The molecule has 0 atom stereocenters. The highest BCUT2D eigenvalue weighted by Crippen LogP contribution is 2.20. The summed E-state index contributed by atoms with van der Waals surface area (Å²) in [5.41, 5.74) is 1.59.